The molecule has 0 spiro atoms. The molecule has 33 heavy (non-hydrogen) atoms. The van der Waals surface area contributed by atoms with E-state index in [0.29, 0.717) is 27.5 Å². The quantitative estimate of drug-likeness (QED) is 0.306. The third-order valence-corrected chi connectivity index (χ3v) is 5.77. The molecule has 0 bridgehead atoms. The van der Waals surface area contributed by atoms with E-state index < -0.39 is 17.5 Å². The van der Waals surface area contributed by atoms with E-state index in [9.17, 15) is 14.0 Å². The summed E-state index contributed by atoms with van der Waals surface area (Å²) in [5, 5.41) is 11.4. The first-order valence-electron chi connectivity index (χ1n) is 10.6. The first kappa shape index (κ1) is 22.6. The molecule has 8 heteroatoms. The second-order valence-corrected chi connectivity index (χ2v) is 8.25. The Kier molecular flexibility index (Phi) is 6.79. The van der Waals surface area contributed by atoms with Gasteiger partial charge >= 0.3 is 0 Å². The molecule has 1 amide bonds. The first-order chi connectivity index (χ1) is 15.9. The highest BCUT2D eigenvalue weighted by molar-refractivity contribution is 6.30. The molecule has 0 aliphatic carbocycles. The largest absolute Gasteiger partial charge is 0.357 e. The van der Waals surface area contributed by atoms with E-state index in [1.807, 2.05) is 4.90 Å². The Morgan fingerprint density at radius 2 is 1.82 bits per heavy atom. The third-order valence-electron chi connectivity index (χ3n) is 5.55. The number of ketones is 1. The van der Waals surface area contributed by atoms with Crippen LogP contribution in [-0.2, 0) is 6.42 Å². The summed E-state index contributed by atoms with van der Waals surface area (Å²) in [6, 6.07) is 14.1. The number of carbonyl (C=O) groups is 2. The van der Waals surface area contributed by atoms with Crippen molar-refractivity contribution in [2.24, 2.45) is 0 Å². The Morgan fingerprint density at radius 1 is 1.06 bits per heavy atom. The van der Waals surface area contributed by atoms with E-state index in [0.717, 1.165) is 25.9 Å². The SMILES string of the molecule is N=C(c1ccc(C(=O)Cc2ccccc2C(=O)Nc2ccc(Cl)cn2)c(F)c1)N1CCCC1. The smallest absolute Gasteiger partial charge is 0.257 e. The van der Waals surface area contributed by atoms with Gasteiger partial charge in [0.2, 0.25) is 0 Å². The van der Waals surface area contributed by atoms with E-state index in [4.69, 9.17) is 17.0 Å². The zero-order valence-electron chi connectivity index (χ0n) is 17.8. The third kappa shape index (κ3) is 5.26. The Hall–Kier alpha value is -3.58. The number of amidine groups is 1. The van der Waals surface area contributed by atoms with Gasteiger partial charge in [-0.05, 0) is 48.7 Å². The number of nitrogens with one attached hydrogen (secondary N) is 2. The van der Waals surface area contributed by atoms with E-state index in [2.05, 4.69) is 10.3 Å². The van der Waals surface area contributed by atoms with Gasteiger partial charge in [-0.3, -0.25) is 15.0 Å². The molecule has 3 aromatic rings. The number of rotatable bonds is 6. The number of likely N-dealkylation sites (tertiary alicyclic amines) is 1. The van der Waals surface area contributed by atoms with Crippen LogP contribution in [0.1, 0.15) is 44.7 Å². The summed E-state index contributed by atoms with van der Waals surface area (Å²) in [6.45, 7) is 1.57. The van der Waals surface area contributed by atoms with Crippen LogP contribution in [0.4, 0.5) is 10.2 Å². The highest BCUT2D eigenvalue weighted by Crippen LogP contribution is 2.20. The molecule has 0 saturated carbocycles. The predicted octanol–water partition coefficient (Wildman–Crippen LogP) is 4.97. The molecular weight excluding hydrogens is 443 g/mol. The molecule has 2 heterocycles. The fraction of sp³-hybridized carbons (Fsp3) is 0.200. The van der Waals surface area contributed by atoms with Gasteiger partial charge in [0.15, 0.2) is 5.78 Å². The van der Waals surface area contributed by atoms with Crippen molar-refractivity contribution < 1.29 is 14.0 Å². The molecule has 0 radical (unpaired) electrons. The van der Waals surface area contributed by atoms with Crippen LogP contribution in [0, 0.1) is 11.2 Å². The standard InChI is InChI=1S/C25H22ClFN4O2/c26-18-8-10-23(29-15-18)30-25(33)19-6-2-1-5-16(19)14-22(32)20-9-7-17(13-21(20)27)24(28)31-11-3-4-12-31/h1-2,5-10,13,15,28H,3-4,11-12,14H2,(H,29,30,33). The van der Waals surface area contributed by atoms with Crippen LogP contribution in [0.5, 0.6) is 0 Å². The van der Waals surface area contributed by atoms with Crippen LogP contribution in [0.15, 0.2) is 60.8 Å². The molecule has 1 fully saturated rings. The van der Waals surface area contributed by atoms with E-state index >= 15 is 0 Å². The van der Waals surface area contributed by atoms with Gasteiger partial charge in [-0.25, -0.2) is 9.37 Å². The molecular formula is C25H22ClFN4O2. The molecule has 4 rings (SSSR count). The number of halogens is 2. The molecule has 0 atom stereocenters. The molecule has 2 N–H and O–H groups in total. The topological polar surface area (TPSA) is 86.1 Å². The van der Waals surface area contributed by atoms with Crippen molar-refractivity contribution in [3.63, 3.8) is 0 Å². The van der Waals surface area contributed by atoms with Crippen LogP contribution in [0.2, 0.25) is 5.02 Å². The van der Waals surface area contributed by atoms with Gasteiger partial charge in [-0.2, -0.15) is 0 Å². The number of benzene rings is 2. The molecule has 1 aliphatic heterocycles. The van der Waals surface area contributed by atoms with E-state index in [1.54, 1.807) is 42.5 Å². The lowest BCUT2D eigenvalue weighted by Crippen LogP contribution is -2.27. The summed E-state index contributed by atoms with van der Waals surface area (Å²) in [4.78, 5) is 31.6. The van der Waals surface area contributed by atoms with Crippen molar-refractivity contribution in [2.75, 3.05) is 18.4 Å². The van der Waals surface area contributed by atoms with Gasteiger partial charge in [0.25, 0.3) is 5.91 Å². The number of anilines is 1. The number of aromatic nitrogens is 1. The van der Waals surface area contributed by atoms with Gasteiger partial charge in [0, 0.05) is 36.8 Å². The van der Waals surface area contributed by atoms with Gasteiger partial charge in [-0.1, -0.05) is 35.9 Å². The minimum atomic E-state index is -0.672. The summed E-state index contributed by atoms with van der Waals surface area (Å²) in [5.74, 6) is -0.954. The maximum absolute atomic E-state index is 14.8. The lowest BCUT2D eigenvalue weighted by Gasteiger charge is -2.18. The van der Waals surface area contributed by atoms with Crippen molar-refractivity contribution in [3.8, 4) is 0 Å². The minimum Gasteiger partial charge on any atom is -0.357 e. The number of amides is 1. The average Bonchev–Trinajstić information content (AvgIpc) is 3.35. The molecule has 1 saturated heterocycles. The first-order valence-corrected chi connectivity index (χ1v) is 11.0. The lowest BCUT2D eigenvalue weighted by molar-refractivity contribution is 0.0988. The molecule has 6 nitrogen and oxygen atoms in total. The number of nitrogens with zero attached hydrogens (tertiary/aromatic N) is 2. The zero-order valence-corrected chi connectivity index (χ0v) is 18.5. The molecule has 1 aromatic heterocycles. The van der Waals surface area contributed by atoms with Gasteiger partial charge in [0.05, 0.1) is 10.6 Å². The maximum Gasteiger partial charge on any atom is 0.257 e. The summed E-state index contributed by atoms with van der Waals surface area (Å²) < 4.78 is 14.8. The fourth-order valence-electron chi connectivity index (χ4n) is 3.81. The summed E-state index contributed by atoms with van der Waals surface area (Å²) in [5.41, 5.74) is 1.15. The molecule has 168 valence electrons. The fourth-order valence-corrected chi connectivity index (χ4v) is 3.92. The Labute approximate surface area is 195 Å². The number of pyridine rings is 1. The normalized spacial score (nSPS) is 13.1. The Morgan fingerprint density at radius 3 is 2.52 bits per heavy atom. The minimum absolute atomic E-state index is 0.0671. The number of Topliss-reactive ketones (excluding diaryl/α,β-unsaturated/α-hetero) is 1. The van der Waals surface area contributed by atoms with Crippen molar-refractivity contribution in [3.05, 3.63) is 93.9 Å². The molecule has 0 unspecified atom stereocenters. The predicted molar refractivity (Wildman–Crippen MR) is 126 cm³/mol. The van der Waals surface area contributed by atoms with E-state index in [-0.39, 0.29) is 17.8 Å². The van der Waals surface area contributed by atoms with Gasteiger partial charge < -0.3 is 10.2 Å². The van der Waals surface area contributed by atoms with Crippen LogP contribution in [0.25, 0.3) is 0 Å². The second kappa shape index (κ2) is 9.92. The summed E-state index contributed by atoms with van der Waals surface area (Å²) in [6.07, 6.45) is 3.31. The summed E-state index contributed by atoms with van der Waals surface area (Å²) >= 11 is 5.82. The number of hydrogen-bond donors (Lipinski definition) is 2. The second-order valence-electron chi connectivity index (χ2n) is 7.81. The van der Waals surface area contributed by atoms with Crippen LogP contribution >= 0.6 is 11.6 Å². The molecule has 2 aromatic carbocycles. The summed E-state index contributed by atoms with van der Waals surface area (Å²) in [7, 11) is 0. The lowest BCUT2D eigenvalue weighted by atomic mass is 9.97. The van der Waals surface area contributed by atoms with Crippen LogP contribution in [-0.4, -0.2) is 40.5 Å². The van der Waals surface area contributed by atoms with Crippen molar-refractivity contribution in [1.82, 2.24) is 9.88 Å². The van der Waals surface area contributed by atoms with Crippen molar-refractivity contribution in [2.45, 2.75) is 19.3 Å². The maximum atomic E-state index is 14.8. The van der Waals surface area contributed by atoms with Crippen molar-refractivity contribution in [1.29, 1.82) is 5.41 Å². The highest BCUT2D eigenvalue weighted by atomic mass is 35.5. The average molecular weight is 465 g/mol. The monoisotopic (exact) mass is 464 g/mol. The molecule has 1 aliphatic rings. The van der Waals surface area contributed by atoms with E-state index in [1.165, 1.54) is 18.3 Å². The highest BCUT2D eigenvalue weighted by Gasteiger charge is 2.21. The van der Waals surface area contributed by atoms with Crippen LogP contribution < -0.4 is 5.32 Å². The van der Waals surface area contributed by atoms with Crippen LogP contribution in [0.3, 0.4) is 0 Å². The van der Waals surface area contributed by atoms with Gasteiger partial charge in [0.1, 0.15) is 17.5 Å². The Balaban J connectivity index is 1.50. The number of carbonyl (C=O) groups excluding carboxylic acids is 2. The van der Waals surface area contributed by atoms with Gasteiger partial charge in [-0.15, -0.1) is 0 Å². The zero-order chi connectivity index (χ0) is 23.4. The number of hydrogen-bond acceptors (Lipinski definition) is 4. The Bertz CT molecular complexity index is 1210. The van der Waals surface area contributed by atoms with Crippen molar-refractivity contribution >= 4 is 34.9 Å².